The zero-order chi connectivity index (χ0) is 33.7. The van der Waals surface area contributed by atoms with E-state index in [0.717, 1.165) is 16.7 Å². The van der Waals surface area contributed by atoms with Crippen LogP contribution in [0.2, 0.25) is 0 Å². The number of rotatable bonds is 12. The minimum atomic E-state index is -0.837. The molecule has 5 aromatic rings. The molecule has 0 fully saturated rings. The molecule has 0 saturated carbocycles. The molecule has 3 aromatic heterocycles. The Morgan fingerprint density at radius 3 is 2.40 bits per heavy atom. The number of ether oxygens (including phenoxy) is 2. The molecule has 11 nitrogen and oxygen atoms in total. The first-order chi connectivity index (χ1) is 22.7. The molecule has 2 N–H and O–H groups in total. The molecule has 0 unspecified atom stereocenters. The van der Waals surface area contributed by atoms with Gasteiger partial charge in [-0.05, 0) is 61.5 Å². The van der Waals surface area contributed by atoms with Crippen molar-refractivity contribution >= 4 is 33.3 Å². The predicted octanol–water partition coefficient (Wildman–Crippen LogP) is 4.83. The lowest BCUT2D eigenvalue weighted by Gasteiger charge is -2.18. The van der Waals surface area contributed by atoms with E-state index in [1.54, 1.807) is 43.5 Å². The van der Waals surface area contributed by atoms with E-state index in [4.69, 9.17) is 9.47 Å². The zero-order valence-corrected chi connectivity index (χ0v) is 27.1. The van der Waals surface area contributed by atoms with Gasteiger partial charge in [0.25, 0.3) is 5.56 Å². The van der Waals surface area contributed by atoms with Gasteiger partial charge in [-0.15, -0.1) is 11.3 Å². The average molecular weight is 665 g/mol. The van der Waals surface area contributed by atoms with Crippen molar-refractivity contribution < 1.29 is 23.0 Å². The molecule has 0 spiro atoms. The standard InChI is InChI=1S/C33H34F2N6O5S/c1-5-36-32(43)38-21-13-11-20(12-14-21)28-23(18-39(2)16-17-45-3)27-30(42)41(29-26(46-4)10-7-15-37-29)33(44)40(31(27)47-28)19-22-24(34)8-6-9-25(22)35/h6-15H,5,16-19H2,1-4H3,(H2,36,38,43). The summed E-state index contributed by atoms with van der Waals surface area (Å²) in [5.74, 6) is -1.55. The van der Waals surface area contributed by atoms with Crippen molar-refractivity contribution in [1.82, 2.24) is 24.3 Å². The maximum Gasteiger partial charge on any atom is 0.338 e. The van der Waals surface area contributed by atoms with E-state index < -0.39 is 29.4 Å². The summed E-state index contributed by atoms with van der Waals surface area (Å²) in [6.45, 7) is 3.03. The summed E-state index contributed by atoms with van der Waals surface area (Å²) < 4.78 is 42.8. The van der Waals surface area contributed by atoms with E-state index in [9.17, 15) is 14.4 Å². The molecular formula is C33H34F2N6O5S. The van der Waals surface area contributed by atoms with Crippen LogP contribution in [-0.4, -0.2) is 66.0 Å². The number of anilines is 1. The molecule has 246 valence electrons. The van der Waals surface area contributed by atoms with E-state index in [-0.39, 0.29) is 39.9 Å². The number of carbonyl (C=O) groups is 1. The molecule has 3 heterocycles. The fourth-order valence-corrected chi connectivity index (χ4v) is 6.47. The van der Waals surface area contributed by atoms with Crippen molar-refractivity contribution in [3.05, 3.63) is 104 Å². The highest BCUT2D eigenvalue weighted by Gasteiger charge is 2.27. The Labute approximate surface area is 273 Å². The number of methoxy groups -OCH3 is 2. The molecule has 0 saturated heterocycles. The number of pyridine rings is 1. The molecule has 0 aliphatic carbocycles. The van der Waals surface area contributed by atoms with Crippen LogP contribution < -0.4 is 26.6 Å². The third kappa shape index (κ3) is 6.94. The maximum absolute atomic E-state index is 15.0. The number of benzene rings is 2. The number of nitrogens with one attached hydrogen (secondary N) is 2. The summed E-state index contributed by atoms with van der Waals surface area (Å²) >= 11 is 1.17. The molecule has 0 aliphatic rings. The predicted molar refractivity (Wildman–Crippen MR) is 178 cm³/mol. The number of hydrogen-bond acceptors (Lipinski definition) is 8. The summed E-state index contributed by atoms with van der Waals surface area (Å²) in [4.78, 5) is 47.9. The minimum absolute atomic E-state index is 0.0538. The number of hydrogen-bond donors (Lipinski definition) is 2. The van der Waals surface area contributed by atoms with E-state index in [1.807, 2.05) is 18.9 Å². The second kappa shape index (κ2) is 14.7. The van der Waals surface area contributed by atoms with Crippen LogP contribution in [0.4, 0.5) is 19.3 Å². The van der Waals surface area contributed by atoms with Crippen molar-refractivity contribution in [1.29, 1.82) is 0 Å². The number of aromatic nitrogens is 3. The summed E-state index contributed by atoms with van der Waals surface area (Å²) in [5, 5.41) is 5.64. The van der Waals surface area contributed by atoms with Gasteiger partial charge in [0.05, 0.1) is 25.6 Å². The molecular weight excluding hydrogens is 630 g/mol. The average Bonchev–Trinajstić information content (AvgIpc) is 3.42. The Morgan fingerprint density at radius 1 is 1.02 bits per heavy atom. The third-order valence-corrected chi connectivity index (χ3v) is 8.78. The Hall–Kier alpha value is -4.92. The van der Waals surface area contributed by atoms with Crippen molar-refractivity contribution in [3.63, 3.8) is 0 Å². The summed E-state index contributed by atoms with van der Waals surface area (Å²) in [7, 11) is 4.85. The van der Waals surface area contributed by atoms with Crippen molar-refractivity contribution in [2.24, 2.45) is 0 Å². The normalized spacial score (nSPS) is 11.3. The fraction of sp³-hybridized carbons (Fsp3) is 0.273. The number of urea groups is 1. The second-order valence-electron chi connectivity index (χ2n) is 10.6. The van der Waals surface area contributed by atoms with Gasteiger partial charge in [-0.2, -0.15) is 0 Å². The van der Waals surface area contributed by atoms with E-state index in [2.05, 4.69) is 15.6 Å². The SMILES string of the molecule is CCNC(=O)Nc1ccc(-c2sc3c(c2CN(C)CCOC)c(=O)n(-c2ncccc2OC)c(=O)n3Cc2c(F)cccc2F)cc1. The number of amides is 2. The van der Waals surface area contributed by atoms with Crippen LogP contribution in [0.3, 0.4) is 0 Å². The van der Waals surface area contributed by atoms with Gasteiger partial charge in [0, 0.05) is 49.1 Å². The molecule has 5 rings (SSSR count). The molecule has 0 atom stereocenters. The fourth-order valence-electron chi connectivity index (χ4n) is 5.17. The molecule has 0 radical (unpaired) electrons. The smallest absolute Gasteiger partial charge is 0.338 e. The van der Waals surface area contributed by atoms with Gasteiger partial charge >= 0.3 is 11.7 Å². The van der Waals surface area contributed by atoms with E-state index in [1.165, 1.54) is 35.3 Å². The van der Waals surface area contributed by atoms with Crippen LogP contribution >= 0.6 is 11.3 Å². The lowest BCUT2D eigenvalue weighted by Crippen LogP contribution is -2.40. The van der Waals surface area contributed by atoms with Gasteiger partial charge in [-0.3, -0.25) is 14.3 Å². The first kappa shape index (κ1) is 33.4. The van der Waals surface area contributed by atoms with Gasteiger partial charge in [-0.25, -0.2) is 27.9 Å². The largest absolute Gasteiger partial charge is 0.493 e. The van der Waals surface area contributed by atoms with Crippen LogP contribution in [0, 0.1) is 11.6 Å². The number of carbonyl (C=O) groups excluding carboxylic acids is 1. The molecule has 0 aliphatic heterocycles. The van der Waals surface area contributed by atoms with E-state index >= 15 is 8.78 Å². The monoisotopic (exact) mass is 664 g/mol. The summed E-state index contributed by atoms with van der Waals surface area (Å²) in [6, 6.07) is 13.3. The molecule has 2 aromatic carbocycles. The third-order valence-electron chi connectivity index (χ3n) is 7.48. The highest BCUT2D eigenvalue weighted by molar-refractivity contribution is 7.22. The number of fused-ring (bicyclic) bond motifs is 1. The summed E-state index contributed by atoms with van der Waals surface area (Å²) in [6.07, 6.45) is 1.42. The Balaban J connectivity index is 1.81. The van der Waals surface area contributed by atoms with E-state index in [0.29, 0.717) is 41.4 Å². The Morgan fingerprint density at radius 2 is 1.74 bits per heavy atom. The first-order valence-corrected chi connectivity index (χ1v) is 15.6. The van der Waals surface area contributed by atoms with Crippen molar-refractivity contribution in [2.45, 2.75) is 20.0 Å². The van der Waals surface area contributed by atoms with Crippen molar-refractivity contribution in [2.75, 3.05) is 46.3 Å². The second-order valence-corrected chi connectivity index (χ2v) is 11.6. The molecule has 14 heteroatoms. The Kier molecular flexibility index (Phi) is 10.4. The maximum atomic E-state index is 15.0. The number of thiophene rings is 1. The van der Waals surface area contributed by atoms with Crippen LogP contribution in [0.5, 0.6) is 5.75 Å². The quantitative estimate of drug-likeness (QED) is 0.196. The van der Waals surface area contributed by atoms with Crippen LogP contribution in [-0.2, 0) is 17.8 Å². The molecule has 0 bridgehead atoms. The van der Waals surface area contributed by atoms with Crippen LogP contribution in [0.1, 0.15) is 18.1 Å². The summed E-state index contributed by atoms with van der Waals surface area (Å²) in [5.41, 5.74) is 0.0412. The van der Waals surface area contributed by atoms with Gasteiger partial charge in [0.1, 0.15) is 16.5 Å². The van der Waals surface area contributed by atoms with Gasteiger partial charge in [-0.1, -0.05) is 18.2 Å². The lowest BCUT2D eigenvalue weighted by atomic mass is 10.1. The van der Waals surface area contributed by atoms with Crippen molar-refractivity contribution in [3.8, 4) is 22.0 Å². The van der Waals surface area contributed by atoms with Gasteiger partial charge in [0.15, 0.2) is 11.6 Å². The number of nitrogens with zero attached hydrogens (tertiary/aromatic N) is 4. The Bertz CT molecular complexity index is 2010. The van der Waals surface area contributed by atoms with Gasteiger partial charge in [0.2, 0.25) is 0 Å². The first-order valence-electron chi connectivity index (χ1n) is 14.7. The van der Waals surface area contributed by atoms with Gasteiger partial charge < -0.3 is 20.1 Å². The molecule has 47 heavy (non-hydrogen) atoms. The van der Waals surface area contributed by atoms with Crippen LogP contribution in [0.25, 0.3) is 26.5 Å². The molecule has 2 amide bonds. The zero-order valence-electron chi connectivity index (χ0n) is 26.3. The topological polar surface area (TPSA) is 120 Å². The highest BCUT2D eigenvalue weighted by Crippen LogP contribution is 2.38. The lowest BCUT2D eigenvalue weighted by molar-refractivity contribution is 0.159. The highest BCUT2D eigenvalue weighted by atomic mass is 32.1. The van der Waals surface area contributed by atoms with Crippen LogP contribution in [0.15, 0.2) is 70.4 Å². The number of halogens is 2. The number of likely N-dealkylation sites (N-methyl/N-ethyl adjacent to an activating group) is 1. The minimum Gasteiger partial charge on any atom is -0.493 e.